The van der Waals surface area contributed by atoms with E-state index < -0.39 is 0 Å². The highest BCUT2D eigenvalue weighted by molar-refractivity contribution is 7.99. The Morgan fingerprint density at radius 3 is 2.40 bits per heavy atom. The fourth-order valence-corrected chi connectivity index (χ4v) is 3.12. The lowest BCUT2D eigenvalue weighted by Crippen LogP contribution is -2.37. The highest BCUT2D eigenvalue weighted by Gasteiger charge is 2.10. The van der Waals surface area contributed by atoms with Crippen molar-refractivity contribution in [1.82, 2.24) is 4.90 Å². The maximum atomic E-state index is 5.35. The van der Waals surface area contributed by atoms with Gasteiger partial charge in [-0.2, -0.15) is 0 Å². The monoisotopic (exact) mass is 297 g/mol. The lowest BCUT2D eigenvalue weighted by Gasteiger charge is -2.26. The minimum Gasteiger partial charge on any atom is -0.379 e. The van der Waals surface area contributed by atoms with Gasteiger partial charge in [0, 0.05) is 50.1 Å². The van der Waals surface area contributed by atoms with Gasteiger partial charge in [0.25, 0.3) is 0 Å². The van der Waals surface area contributed by atoms with Gasteiger partial charge in [0.1, 0.15) is 0 Å². The lowest BCUT2D eigenvalue weighted by molar-refractivity contribution is -0.106. The summed E-state index contributed by atoms with van der Waals surface area (Å²) in [6.07, 6.45) is -0.276. The topological polar surface area (TPSA) is 30.9 Å². The number of ether oxygens (including phenoxy) is 3. The Kier molecular flexibility index (Phi) is 6.82. The summed E-state index contributed by atoms with van der Waals surface area (Å²) < 4.78 is 15.8. The molecule has 20 heavy (non-hydrogen) atoms. The van der Waals surface area contributed by atoms with Crippen LogP contribution >= 0.6 is 11.8 Å². The van der Waals surface area contributed by atoms with E-state index in [4.69, 9.17) is 14.2 Å². The first-order valence-corrected chi connectivity index (χ1v) is 7.90. The maximum absolute atomic E-state index is 5.35. The maximum Gasteiger partial charge on any atom is 0.183 e. The van der Waals surface area contributed by atoms with Crippen LogP contribution in [0.15, 0.2) is 29.2 Å². The number of rotatable bonds is 7. The van der Waals surface area contributed by atoms with E-state index >= 15 is 0 Å². The van der Waals surface area contributed by atoms with E-state index in [2.05, 4.69) is 29.2 Å². The third kappa shape index (κ3) is 4.75. The molecule has 1 aliphatic heterocycles. The summed E-state index contributed by atoms with van der Waals surface area (Å²) in [5.74, 6) is 1.11. The summed E-state index contributed by atoms with van der Waals surface area (Å²) in [7, 11) is 3.30. The van der Waals surface area contributed by atoms with Gasteiger partial charge in [0.15, 0.2) is 6.29 Å². The molecule has 1 aromatic rings. The molecule has 4 nitrogen and oxygen atoms in total. The molecule has 1 saturated heterocycles. The molecule has 0 radical (unpaired) electrons. The van der Waals surface area contributed by atoms with Crippen LogP contribution in [-0.2, 0) is 14.2 Å². The zero-order chi connectivity index (χ0) is 14.2. The molecule has 0 aromatic heterocycles. The average molecular weight is 297 g/mol. The molecule has 1 aliphatic rings. The van der Waals surface area contributed by atoms with Crippen molar-refractivity contribution in [2.24, 2.45) is 0 Å². The van der Waals surface area contributed by atoms with Crippen LogP contribution in [0.2, 0.25) is 0 Å². The van der Waals surface area contributed by atoms with Crippen molar-refractivity contribution >= 4 is 11.8 Å². The largest absolute Gasteiger partial charge is 0.379 e. The minimum atomic E-state index is -0.276. The Hall–Kier alpha value is -0.590. The molecule has 112 valence electrons. The van der Waals surface area contributed by atoms with Gasteiger partial charge in [-0.1, -0.05) is 12.1 Å². The summed E-state index contributed by atoms with van der Waals surface area (Å²) in [5.41, 5.74) is 1.05. The molecule has 0 atom stereocenters. The van der Waals surface area contributed by atoms with Gasteiger partial charge < -0.3 is 14.2 Å². The van der Waals surface area contributed by atoms with Gasteiger partial charge in [-0.3, -0.25) is 4.90 Å². The molecule has 1 fully saturated rings. The smallest absolute Gasteiger partial charge is 0.183 e. The molecule has 1 aromatic carbocycles. The first kappa shape index (κ1) is 15.8. The number of nitrogens with zero attached hydrogens (tertiary/aromatic N) is 1. The molecular formula is C15H23NO3S. The summed E-state index contributed by atoms with van der Waals surface area (Å²) in [5, 5.41) is 0. The molecule has 0 aliphatic carbocycles. The molecule has 1 heterocycles. The second kappa shape index (κ2) is 8.64. The highest BCUT2D eigenvalue weighted by atomic mass is 32.2. The first-order valence-electron chi connectivity index (χ1n) is 6.92. The predicted octanol–water partition coefficient (Wildman–Crippen LogP) is 2.40. The molecule has 0 saturated carbocycles. The van der Waals surface area contributed by atoms with Gasteiger partial charge in [-0.15, -0.1) is 11.8 Å². The SMILES string of the molecule is COC(OC)c1ccc(SCCN2CCOCC2)cc1. The van der Waals surface area contributed by atoms with E-state index in [1.165, 1.54) is 4.90 Å². The molecule has 0 amide bonds. The van der Waals surface area contributed by atoms with Crippen LogP contribution in [0.4, 0.5) is 0 Å². The third-order valence-electron chi connectivity index (χ3n) is 3.36. The minimum absolute atomic E-state index is 0.276. The molecule has 0 bridgehead atoms. The van der Waals surface area contributed by atoms with Crippen LogP contribution in [0.1, 0.15) is 11.9 Å². The molecule has 5 heteroatoms. The second-order valence-electron chi connectivity index (χ2n) is 4.67. The van der Waals surface area contributed by atoms with Crippen molar-refractivity contribution in [3.63, 3.8) is 0 Å². The summed E-state index contributed by atoms with van der Waals surface area (Å²) in [4.78, 5) is 3.74. The Bertz CT molecular complexity index is 375. The van der Waals surface area contributed by atoms with Crippen LogP contribution in [0, 0.1) is 0 Å². The Balaban J connectivity index is 1.75. The van der Waals surface area contributed by atoms with Gasteiger partial charge in [0.2, 0.25) is 0 Å². The summed E-state index contributed by atoms with van der Waals surface area (Å²) in [6, 6.07) is 8.39. The summed E-state index contributed by atoms with van der Waals surface area (Å²) >= 11 is 1.89. The van der Waals surface area contributed by atoms with Crippen molar-refractivity contribution in [3.8, 4) is 0 Å². The molecular weight excluding hydrogens is 274 g/mol. The van der Waals surface area contributed by atoms with Gasteiger partial charge in [0.05, 0.1) is 13.2 Å². The second-order valence-corrected chi connectivity index (χ2v) is 5.84. The fourth-order valence-electron chi connectivity index (χ4n) is 2.21. The van der Waals surface area contributed by atoms with Crippen LogP contribution in [0.25, 0.3) is 0 Å². The third-order valence-corrected chi connectivity index (χ3v) is 4.35. The van der Waals surface area contributed by atoms with Crippen molar-refractivity contribution in [3.05, 3.63) is 29.8 Å². The van der Waals surface area contributed by atoms with Crippen molar-refractivity contribution in [2.75, 3.05) is 52.8 Å². The van der Waals surface area contributed by atoms with Gasteiger partial charge >= 0.3 is 0 Å². The van der Waals surface area contributed by atoms with Crippen LogP contribution in [0.3, 0.4) is 0 Å². The Morgan fingerprint density at radius 2 is 1.80 bits per heavy atom. The Labute approximate surface area is 125 Å². The van der Waals surface area contributed by atoms with E-state index in [9.17, 15) is 0 Å². The number of hydrogen-bond donors (Lipinski definition) is 0. The van der Waals surface area contributed by atoms with E-state index in [0.717, 1.165) is 44.2 Å². The number of hydrogen-bond acceptors (Lipinski definition) is 5. The normalized spacial score (nSPS) is 16.8. The predicted molar refractivity (Wildman–Crippen MR) is 81.2 cm³/mol. The number of benzene rings is 1. The molecule has 2 rings (SSSR count). The molecule has 0 spiro atoms. The highest BCUT2D eigenvalue weighted by Crippen LogP contribution is 2.23. The van der Waals surface area contributed by atoms with Crippen molar-refractivity contribution in [1.29, 1.82) is 0 Å². The fraction of sp³-hybridized carbons (Fsp3) is 0.600. The molecule has 0 N–H and O–H groups in total. The Morgan fingerprint density at radius 1 is 1.15 bits per heavy atom. The lowest BCUT2D eigenvalue weighted by atomic mass is 10.2. The van der Waals surface area contributed by atoms with Crippen LogP contribution in [0.5, 0.6) is 0 Å². The van der Waals surface area contributed by atoms with Gasteiger partial charge in [-0.05, 0) is 12.1 Å². The zero-order valence-corrected chi connectivity index (χ0v) is 13.0. The van der Waals surface area contributed by atoms with Gasteiger partial charge in [-0.25, -0.2) is 0 Å². The van der Waals surface area contributed by atoms with Crippen molar-refractivity contribution < 1.29 is 14.2 Å². The number of thioether (sulfide) groups is 1. The number of methoxy groups -OCH3 is 2. The van der Waals surface area contributed by atoms with Crippen LogP contribution in [-0.4, -0.2) is 57.7 Å². The van der Waals surface area contributed by atoms with E-state index in [1.54, 1.807) is 14.2 Å². The van der Waals surface area contributed by atoms with E-state index in [-0.39, 0.29) is 6.29 Å². The van der Waals surface area contributed by atoms with Crippen LogP contribution < -0.4 is 0 Å². The number of morpholine rings is 1. The van der Waals surface area contributed by atoms with Crippen molar-refractivity contribution in [2.45, 2.75) is 11.2 Å². The summed E-state index contributed by atoms with van der Waals surface area (Å²) in [6.45, 7) is 4.98. The zero-order valence-electron chi connectivity index (χ0n) is 12.2. The van der Waals surface area contributed by atoms with E-state index in [1.807, 2.05) is 11.8 Å². The molecule has 0 unspecified atom stereocenters. The average Bonchev–Trinajstić information content (AvgIpc) is 2.51. The first-order chi connectivity index (χ1) is 9.83. The quantitative estimate of drug-likeness (QED) is 0.570. The standard InChI is InChI=1S/C15H23NO3S/c1-17-15(18-2)13-3-5-14(6-4-13)20-12-9-16-7-10-19-11-8-16/h3-6,15H,7-12H2,1-2H3. The van der Waals surface area contributed by atoms with E-state index in [0.29, 0.717) is 0 Å².